The molecule has 2 atom stereocenters. The highest BCUT2D eigenvalue weighted by molar-refractivity contribution is 6.31. The summed E-state index contributed by atoms with van der Waals surface area (Å²) in [4.78, 5) is 0. The van der Waals surface area contributed by atoms with Crippen molar-refractivity contribution in [1.29, 1.82) is 0 Å². The fraction of sp³-hybridized carbons (Fsp3) is 0.769. The van der Waals surface area contributed by atoms with Crippen molar-refractivity contribution in [2.75, 3.05) is 0 Å². The van der Waals surface area contributed by atoms with Gasteiger partial charge in [0.1, 0.15) is 0 Å². The molecule has 0 spiro atoms. The second kappa shape index (κ2) is 5.59. The SMILES string of the molecule is CCn1nc(C)c(Cl)c1CC(O)C(O)C(C)(C)C. The lowest BCUT2D eigenvalue weighted by atomic mass is 9.84. The summed E-state index contributed by atoms with van der Waals surface area (Å²) in [5, 5.41) is 25.0. The minimum atomic E-state index is -0.844. The lowest BCUT2D eigenvalue weighted by molar-refractivity contribution is -0.0441. The fourth-order valence-corrected chi connectivity index (χ4v) is 2.16. The van der Waals surface area contributed by atoms with Crippen molar-refractivity contribution in [3.05, 3.63) is 16.4 Å². The van der Waals surface area contributed by atoms with Gasteiger partial charge in [-0.1, -0.05) is 32.4 Å². The topological polar surface area (TPSA) is 58.3 Å². The van der Waals surface area contributed by atoms with Crippen molar-refractivity contribution < 1.29 is 10.2 Å². The molecule has 104 valence electrons. The molecule has 2 N–H and O–H groups in total. The number of hydrogen-bond donors (Lipinski definition) is 2. The summed E-state index contributed by atoms with van der Waals surface area (Å²) in [6.07, 6.45) is -1.33. The largest absolute Gasteiger partial charge is 0.390 e. The molecule has 0 aliphatic carbocycles. The predicted octanol–water partition coefficient (Wildman–Crippen LogP) is 2.18. The molecule has 18 heavy (non-hydrogen) atoms. The zero-order chi connectivity index (χ0) is 14.1. The Morgan fingerprint density at radius 2 is 1.89 bits per heavy atom. The van der Waals surface area contributed by atoms with E-state index in [1.165, 1.54) is 0 Å². The number of aryl methyl sites for hydroxylation is 2. The summed E-state index contributed by atoms with van der Waals surface area (Å²) in [7, 11) is 0. The van der Waals surface area contributed by atoms with E-state index in [1.54, 1.807) is 4.68 Å². The molecule has 4 nitrogen and oxygen atoms in total. The Kier molecular flexibility index (Phi) is 4.81. The van der Waals surface area contributed by atoms with Crippen LogP contribution in [0.1, 0.15) is 39.1 Å². The van der Waals surface area contributed by atoms with Crippen LogP contribution in [-0.4, -0.2) is 32.2 Å². The van der Waals surface area contributed by atoms with Crippen LogP contribution in [0.2, 0.25) is 5.02 Å². The van der Waals surface area contributed by atoms with E-state index >= 15 is 0 Å². The molecule has 0 aliphatic heterocycles. The van der Waals surface area contributed by atoms with Crippen molar-refractivity contribution in [2.24, 2.45) is 5.41 Å². The van der Waals surface area contributed by atoms with E-state index in [1.807, 2.05) is 34.6 Å². The van der Waals surface area contributed by atoms with Gasteiger partial charge in [0, 0.05) is 13.0 Å². The summed E-state index contributed by atoms with van der Waals surface area (Å²) in [6.45, 7) is 10.2. The maximum atomic E-state index is 10.1. The third-order valence-electron chi connectivity index (χ3n) is 3.11. The average molecular weight is 275 g/mol. The highest BCUT2D eigenvalue weighted by Crippen LogP contribution is 2.26. The molecule has 0 saturated heterocycles. The number of aliphatic hydroxyl groups is 2. The maximum absolute atomic E-state index is 10.1. The molecule has 0 fully saturated rings. The second-order valence-electron chi connectivity index (χ2n) is 5.74. The summed E-state index contributed by atoms with van der Waals surface area (Å²) in [5.74, 6) is 0. The van der Waals surface area contributed by atoms with Crippen molar-refractivity contribution >= 4 is 11.6 Å². The van der Waals surface area contributed by atoms with Crippen LogP contribution in [0.5, 0.6) is 0 Å². The Hall–Kier alpha value is -0.580. The minimum absolute atomic E-state index is 0.311. The standard InChI is InChI=1S/C13H23ClN2O2/c1-6-16-9(11(14)8(2)15-16)7-10(17)12(18)13(3,4)5/h10,12,17-18H,6-7H2,1-5H3. The van der Waals surface area contributed by atoms with Crippen molar-refractivity contribution in [1.82, 2.24) is 9.78 Å². The minimum Gasteiger partial charge on any atom is -0.390 e. The van der Waals surface area contributed by atoms with E-state index in [0.29, 0.717) is 18.0 Å². The van der Waals surface area contributed by atoms with Gasteiger partial charge in [0.2, 0.25) is 0 Å². The zero-order valence-corrected chi connectivity index (χ0v) is 12.5. The van der Waals surface area contributed by atoms with Gasteiger partial charge in [0.05, 0.1) is 28.6 Å². The van der Waals surface area contributed by atoms with Gasteiger partial charge in [-0.2, -0.15) is 5.10 Å². The molecule has 1 aromatic heterocycles. The van der Waals surface area contributed by atoms with Gasteiger partial charge in [-0.25, -0.2) is 0 Å². The van der Waals surface area contributed by atoms with Crippen molar-refractivity contribution in [3.8, 4) is 0 Å². The first-order valence-electron chi connectivity index (χ1n) is 6.26. The number of hydrogen-bond acceptors (Lipinski definition) is 3. The normalized spacial score (nSPS) is 15.8. The number of rotatable bonds is 4. The maximum Gasteiger partial charge on any atom is 0.0859 e. The first kappa shape index (κ1) is 15.5. The van der Waals surface area contributed by atoms with Gasteiger partial charge >= 0.3 is 0 Å². The summed E-state index contributed by atoms with van der Waals surface area (Å²) < 4.78 is 1.77. The lowest BCUT2D eigenvalue weighted by Crippen LogP contribution is -2.39. The highest BCUT2D eigenvalue weighted by Gasteiger charge is 2.30. The van der Waals surface area contributed by atoms with Crippen molar-refractivity contribution in [3.63, 3.8) is 0 Å². The van der Waals surface area contributed by atoms with Crippen LogP contribution >= 0.6 is 11.6 Å². The van der Waals surface area contributed by atoms with Crippen LogP contribution in [0.25, 0.3) is 0 Å². The van der Waals surface area contributed by atoms with E-state index in [-0.39, 0.29) is 5.41 Å². The zero-order valence-electron chi connectivity index (χ0n) is 11.7. The van der Waals surface area contributed by atoms with Crippen LogP contribution in [0.3, 0.4) is 0 Å². The summed E-state index contributed by atoms with van der Waals surface area (Å²) in [6, 6.07) is 0. The first-order chi connectivity index (χ1) is 8.18. The molecular weight excluding hydrogens is 252 g/mol. The Morgan fingerprint density at radius 1 is 1.33 bits per heavy atom. The molecule has 0 aliphatic rings. The van der Waals surface area contributed by atoms with Gasteiger partial charge in [0.25, 0.3) is 0 Å². The van der Waals surface area contributed by atoms with Crippen LogP contribution in [0, 0.1) is 12.3 Å². The van der Waals surface area contributed by atoms with Crippen LogP contribution < -0.4 is 0 Å². The average Bonchev–Trinajstić information content (AvgIpc) is 2.54. The predicted molar refractivity (Wildman–Crippen MR) is 72.8 cm³/mol. The van der Waals surface area contributed by atoms with E-state index < -0.39 is 12.2 Å². The molecule has 5 heteroatoms. The van der Waals surface area contributed by atoms with Crippen molar-refractivity contribution in [2.45, 2.75) is 59.8 Å². The van der Waals surface area contributed by atoms with Crippen LogP contribution in [-0.2, 0) is 13.0 Å². The molecule has 0 bridgehead atoms. The third-order valence-corrected chi connectivity index (χ3v) is 3.60. The monoisotopic (exact) mass is 274 g/mol. The smallest absolute Gasteiger partial charge is 0.0859 e. The Balaban J connectivity index is 2.91. The molecule has 1 aromatic rings. The Morgan fingerprint density at radius 3 is 2.33 bits per heavy atom. The van der Waals surface area contributed by atoms with Gasteiger partial charge in [0.15, 0.2) is 0 Å². The molecule has 0 aromatic carbocycles. The summed E-state index contributed by atoms with van der Waals surface area (Å²) in [5.41, 5.74) is 1.18. The quantitative estimate of drug-likeness (QED) is 0.885. The molecule has 1 heterocycles. The van der Waals surface area contributed by atoms with E-state index in [0.717, 1.165) is 11.4 Å². The third kappa shape index (κ3) is 3.25. The van der Waals surface area contributed by atoms with E-state index in [9.17, 15) is 10.2 Å². The number of halogens is 1. The lowest BCUT2D eigenvalue weighted by Gasteiger charge is -2.30. The van der Waals surface area contributed by atoms with E-state index in [2.05, 4.69) is 5.10 Å². The van der Waals surface area contributed by atoms with E-state index in [4.69, 9.17) is 11.6 Å². The van der Waals surface area contributed by atoms with Gasteiger partial charge in [-0.05, 0) is 19.3 Å². The van der Waals surface area contributed by atoms with Gasteiger partial charge in [-0.3, -0.25) is 4.68 Å². The van der Waals surface area contributed by atoms with Gasteiger partial charge < -0.3 is 10.2 Å². The Bertz CT molecular complexity index is 410. The molecule has 0 amide bonds. The second-order valence-corrected chi connectivity index (χ2v) is 6.12. The first-order valence-corrected chi connectivity index (χ1v) is 6.64. The fourth-order valence-electron chi connectivity index (χ4n) is 1.95. The molecular formula is C13H23ClN2O2. The number of aromatic nitrogens is 2. The molecule has 0 saturated carbocycles. The molecule has 1 rings (SSSR count). The Labute approximate surface area is 114 Å². The number of nitrogens with zero attached hydrogens (tertiary/aromatic N) is 2. The molecule has 0 radical (unpaired) electrons. The molecule has 2 unspecified atom stereocenters. The highest BCUT2D eigenvalue weighted by atomic mass is 35.5. The summed E-state index contributed by atoms with van der Waals surface area (Å²) >= 11 is 6.18. The number of aliphatic hydroxyl groups excluding tert-OH is 2. The van der Waals surface area contributed by atoms with Crippen LogP contribution in [0.4, 0.5) is 0 Å². The van der Waals surface area contributed by atoms with Crippen LogP contribution in [0.15, 0.2) is 0 Å². The van der Waals surface area contributed by atoms with Gasteiger partial charge in [-0.15, -0.1) is 0 Å².